The fourth-order valence-corrected chi connectivity index (χ4v) is 4.32. The van der Waals surface area contributed by atoms with E-state index in [9.17, 15) is 9.50 Å². The molecule has 162 valence electrons. The number of likely N-dealkylation sites (N-methyl/N-ethyl adjacent to an activating group) is 1. The monoisotopic (exact) mass is 413 g/mol. The minimum atomic E-state index is -0.204. The van der Waals surface area contributed by atoms with E-state index in [1.807, 2.05) is 18.2 Å². The molecule has 2 aliphatic heterocycles. The molecule has 2 aromatic carbocycles. The molecule has 2 aliphatic rings. The number of hydrogen-bond donors (Lipinski definition) is 2. The van der Waals surface area contributed by atoms with Crippen molar-refractivity contribution >= 4 is 0 Å². The largest absolute Gasteiger partial charge is 0.508 e. The number of rotatable bonds is 6. The molecule has 5 nitrogen and oxygen atoms in total. The SMILES string of the molecule is CN1CCN(Cc2cc(CNC3CCOC(c4ccccc4F)C3)ccc2O)CC1. The van der Waals surface area contributed by atoms with Gasteiger partial charge in [0, 0.05) is 63.0 Å². The van der Waals surface area contributed by atoms with Crippen molar-refractivity contribution in [2.24, 2.45) is 0 Å². The Kier molecular flexibility index (Phi) is 7.00. The quantitative estimate of drug-likeness (QED) is 0.761. The maximum absolute atomic E-state index is 14.1. The zero-order chi connectivity index (χ0) is 20.9. The van der Waals surface area contributed by atoms with Gasteiger partial charge in [0.2, 0.25) is 0 Å². The first-order chi connectivity index (χ1) is 14.6. The number of nitrogens with zero attached hydrogens (tertiary/aromatic N) is 2. The summed E-state index contributed by atoms with van der Waals surface area (Å²) in [5, 5.41) is 13.9. The van der Waals surface area contributed by atoms with Crippen LogP contribution >= 0.6 is 0 Å². The summed E-state index contributed by atoms with van der Waals surface area (Å²) in [6.45, 7) is 6.31. The van der Waals surface area contributed by atoms with Gasteiger partial charge in [-0.25, -0.2) is 4.39 Å². The van der Waals surface area contributed by atoms with Crippen LogP contribution in [-0.4, -0.2) is 60.8 Å². The van der Waals surface area contributed by atoms with Crippen LogP contribution in [0.2, 0.25) is 0 Å². The van der Waals surface area contributed by atoms with Crippen molar-refractivity contribution in [1.29, 1.82) is 0 Å². The molecule has 30 heavy (non-hydrogen) atoms. The second-order valence-corrected chi connectivity index (χ2v) is 8.53. The molecule has 2 N–H and O–H groups in total. The Morgan fingerprint density at radius 1 is 1.13 bits per heavy atom. The highest BCUT2D eigenvalue weighted by Gasteiger charge is 2.25. The van der Waals surface area contributed by atoms with Gasteiger partial charge < -0.3 is 20.1 Å². The molecule has 0 radical (unpaired) electrons. The van der Waals surface area contributed by atoms with E-state index >= 15 is 0 Å². The number of nitrogens with one attached hydrogen (secondary N) is 1. The average molecular weight is 414 g/mol. The van der Waals surface area contributed by atoms with E-state index in [2.05, 4.69) is 28.2 Å². The number of piperazine rings is 1. The summed E-state index contributed by atoms with van der Waals surface area (Å²) < 4.78 is 19.9. The second-order valence-electron chi connectivity index (χ2n) is 8.53. The molecule has 0 spiro atoms. The van der Waals surface area contributed by atoms with Crippen molar-refractivity contribution < 1.29 is 14.2 Å². The van der Waals surface area contributed by atoms with Crippen molar-refractivity contribution in [1.82, 2.24) is 15.1 Å². The molecule has 0 saturated carbocycles. The topological polar surface area (TPSA) is 48.0 Å². The Balaban J connectivity index is 1.34. The summed E-state index contributed by atoms with van der Waals surface area (Å²) in [7, 11) is 2.15. The van der Waals surface area contributed by atoms with E-state index in [0.29, 0.717) is 17.9 Å². The van der Waals surface area contributed by atoms with Crippen LogP contribution in [0.4, 0.5) is 4.39 Å². The number of aromatic hydroxyl groups is 1. The van der Waals surface area contributed by atoms with Gasteiger partial charge in [-0.3, -0.25) is 4.90 Å². The van der Waals surface area contributed by atoms with Gasteiger partial charge in [-0.05, 0) is 43.7 Å². The summed E-state index contributed by atoms with van der Waals surface area (Å²) in [5.41, 5.74) is 2.78. The highest BCUT2D eigenvalue weighted by atomic mass is 19.1. The van der Waals surface area contributed by atoms with E-state index in [1.165, 1.54) is 6.07 Å². The number of ether oxygens (including phenoxy) is 1. The molecular weight excluding hydrogens is 381 g/mol. The Bertz CT molecular complexity index is 839. The van der Waals surface area contributed by atoms with Gasteiger partial charge in [0.1, 0.15) is 11.6 Å². The van der Waals surface area contributed by atoms with Gasteiger partial charge in [0.25, 0.3) is 0 Å². The van der Waals surface area contributed by atoms with Crippen molar-refractivity contribution in [3.05, 3.63) is 65.0 Å². The first-order valence-electron chi connectivity index (χ1n) is 10.9. The molecule has 0 aromatic heterocycles. The first-order valence-corrected chi connectivity index (χ1v) is 10.9. The second kappa shape index (κ2) is 9.88. The lowest BCUT2D eigenvalue weighted by Crippen LogP contribution is -2.43. The standard InChI is InChI=1S/C24H32FN3O2/c1-27-9-11-28(12-10-27)17-19-14-18(6-7-23(19)29)16-26-20-8-13-30-24(15-20)21-4-2-3-5-22(21)25/h2-7,14,20,24,26,29H,8-13,15-17H2,1H3. The van der Waals surface area contributed by atoms with E-state index in [4.69, 9.17) is 4.74 Å². The molecule has 6 heteroatoms. The van der Waals surface area contributed by atoms with E-state index in [1.54, 1.807) is 12.1 Å². The van der Waals surface area contributed by atoms with Gasteiger partial charge in [-0.1, -0.05) is 24.3 Å². The van der Waals surface area contributed by atoms with Crippen LogP contribution in [0.1, 0.15) is 35.6 Å². The molecule has 2 unspecified atom stereocenters. The van der Waals surface area contributed by atoms with Crippen LogP contribution < -0.4 is 5.32 Å². The molecule has 2 saturated heterocycles. The maximum atomic E-state index is 14.1. The van der Waals surface area contributed by atoms with Crippen LogP contribution in [0.3, 0.4) is 0 Å². The Morgan fingerprint density at radius 2 is 1.93 bits per heavy atom. The van der Waals surface area contributed by atoms with Crippen molar-refractivity contribution in [2.45, 2.75) is 38.1 Å². The van der Waals surface area contributed by atoms with E-state index in [-0.39, 0.29) is 18.0 Å². The van der Waals surface area contributed by atoms with Crippen LogP contribution in [0.25, 0.3) is 0 Å². The zero-order valence-corrected chi connectivity index (χ0v) is 17.7. The smallest absolute Gasteiger partial charge is 0.129 e. The highest BCUT2D eigenvalue weighted by Crippen LogP contribution is 2.30. The Labute approximate surface area is 178 Å². The number of phenols is 1. The van der Waals surface area contributed by atoms with Gasteiger partial charge >= 0.3 is 0 Å². The Hall–Kier alpha value is -1.99. The number of halogens is 1. The number of hydrogen-bond acceptors (Lipinski definition) is 5. The minimum absolute atomic E-state index is 0.199. The summed E-state index contributed by atoms with van der Waals surface area (Å²) in [4.78, 5) is 4.73. The van der Waals surface area contributed by atoms with Gasteiger partial charge in [-0.15, -0.1) is 0 Å². The van der Waals surface area contributed by atoms with Crippen LogP contribution in [0.5, 0.6) is 5.75 Å². The van der Waals surface area contributed by atoms with Crippen molar-refractivity contribution in [3.8, 4) is 5.75 Å². The van der Waals surface area contributed by atoms with Crippen molar-refractivity contribution in [2.75, 3.05) is 39.8 Å². The lowest BCUT2D eigenvalue weighted by Gasteiger charge is -2.32. The average Bonchev–Trinajstić information content (AvgIpc) is 2.76. The van der Waals surface area contributed by atoms with Gasteiger partial charge in [0.05, 0.1) is 6.10 Å². The lowest BCUT2D eigenvalue weighted by molar-refractivity contribution is -0.00197. The van der Waals surface area contributed by atoms with Crippen LogP contribution in [0.15, 0.2) is 42.5 Å². The summed E-state index contributed by atoms with van der Waals surface area (Å²) in [5.74, 6) is 0.165. The molecule has 2 atom stereocenters. The summed E-state index contributed by atoms with van der Waals surface area (Å²) in [6.07, 6.45) is 1.47. The molecule has 0 amide bonds. The normalized spacial score (nSPS) is 23.5. The fourth-order valence-electron chi connectivity index (χ4n) is 4.32. The van der Waals surface area contributed by atoms with Gasteiger partial charge in [-0.2, -0.15) is 0 Å². The molecule has 0 aliphatic carbocycles. The summed E-state index contributed by atoms with van der Waals surface area (Å²) in [6, 6.07) is 13.0. The number of phenolic OH excluding ortho intramolecular Hbond substituents is 1. The van der Waals surface area contributed by atoms with Crippen LogP contribution in [0, 0.1) is 5.82 Å². The van der Waals surface area contributed by atoms with Gasteiger partial charge in [0.15, 0.2) is 0 Å². The third kappa shape index (κ3) is 5.38. The van der Waals surface area contributed by atoms with Crippen molar-refractivity contribution in [3.63, 3.8) is 0 Å². The highest BCUT2D eigenvalue weighted by molar-refractivity contribution is 5.36. The molecule has 2 fully saturated rings. The third-order valence-electron chi connectivity index (χ3n) is 6.26. The maximum Gasteiger partial charge on any atom is 0.129 e. The molecule has 2 heterocycles. The predicted molar refractivity (Wildman–Crippen MR) is 116 cm³/mol. The third-order valence-corrected chi connectivity index (χ3v) is 6.26. The number of benzene rings is 2. The fraction of sp³-hybridized carbons (Fsp3) is 0.500. The molecular formula is C24H32FN3O2. The molecule has 4 rings (SSSR count). The zero-order valence-electron chi connectivity index (χ0n) is 17.7. The minimum Gasteiger partial charge on any atom is -0.508 e. The Morgan fingerprint density at radius 3 is 2.73 bits per heavy atom. The predicted octanol–water partition coefficient (Wildman–Crippen LogP) is 3.29. The summed E-state index contributed by atoms with van der Waals surface area (Å²) >= 11 is 0. The molecule has 2 aromatic rings. The van der Waals surface area contributed by atoms with Crippen LogP contribution in [-0.2, 0) is 17.8 Å². The van der Waals surface area contributed by atoms with E-state index in [0.717, 1.165) is 63.2 Å². The first kappa shape index (κ1) is 21.2. The van der Waals surface area contributed by atoms with E-state index < -0.39 is 0 Å². The lowest BCUT2D eigenvalue weighted by atomic mass is 9.97. The molecule has 0 bridgehead atoms.